The Morgan fingerprint density at radius 2 is 2.05 bits per heavy atom. The van der Waals surface area contributed by atoms with E-state index in [2.05, 4.69) is 15.5 Å². The number of hydrogen-bond donors (Lipinski definition) is 0. The highest BCUT2D eigenvalue weighted by molar-refractivity contribution is 7.91. The number of nitrogens with zero attached hydrogens (tertiary/aromatic N) is 3. The lowest BCUT2D eigenvalue weighted by atomic mass is 10.0. The molecule has 1 atom stereocenters. The van der Waals surface area contributed by atoms with Crippen LogP contribution in [0.3, 0.4) is 0 Å². The van der Waals surface area contributed by atoms with Crippen molar-refractivity contribution in [3.05, 3.63) is 53.9 Å². The lowest BCUT2D eigenvalue weighted by Gasteiger charge is -2.17. The van der Waals surface area contributed by atoms with Crippen molar-refractivity contribution < 1.29 is 4.55 Å². The molecule has 0 aliphatic rings. The summed E-state index contributed by atoms with van der Waals surface area (Å²) < 4.78 is 15.7. The molecule has 0 aliphatic carbocycles. The molecule has 0 aliphatic heterocycles. The van der Waals surface area contributed by atoms with Crippen molar-refractivity contribution in [2.45, 2.75) is 25.5 Å². The van der Waals surface area contributed by atoms with E-state index < -0.39 is 16.1 Å². The van der Waals surface area contributed by atoms with Crippen molar-refractivity contribution in [3.8, 4) is 17.2 Å². The van der Waals surface area contributed by atoms with E-state index in [-0.39, 0.29) is 0 Å². The summed E-state index contributed by atoms with van der Waals surface area (Å²) in [5.74, 6) is 0. The first-order valence-corrected chi connectivity index (χ1v) is 7.94. The summed E-state index contributed by atoms with van der Waals surface area (Å²) in [4.78, 5) is 4.30. The van der Waals surface area contributed by atoms with Gasteiger partial charge in [-0.3, -0.25) is 4.98 Å². The maximum atomic E-state index is 12.0. The summed E-state index contributed by atoms with van der Waals surface area (Å²) in [5.41, 5.74) is 2.96. The average Bonchev–Trinajstić information content (AvgIpc) is 2.52. The molecule has 1 heterocycles. The van der Waals surface area contributed by atoms with Crippen molar-refractivity contribution in [2.24, 2.45) is 4.40 Å². The summed E-state index contributed by atoms with van der Waals surface area (Å²) in [5, 5.41) is 9.01. The predicted octanol–water partition coefficient (Wildman–Crippen LogP) is 3.50. The van der Waals surface area contributed by atoms with Gasteiger partial charge in [-0.2, -0.15) is 5.26 Å². The van der Waals surface area contributed by atoms with E-state index in [0.717, 1.165) is 11.1 Å². The highest BCUT2D eigenvalue weighted by Gasteiger charge is 2.26. The van der Waals surface area contributed by atoms with Crippen molar-refractivity contribution in [2.75, 3.05) is 0 Å². The first-order valence-electron chi connectivity index (χ1n) is 6.83. The minimum Gasteiger partial charge on any atom is -0.591 e. The molecule has 4 nitrogen and oxygen atoms in total. The molecule has 0 N–H and O–H groups in total. The molecular formula is C17H17N3OS. The molecule has 112 valence electrons. The van der Waals surface area contributed by atoms with Crippen molar-refractivity contribution in [1.82, 2.24) is 4.98 Å². The van der Waals surface area contributed by atoms with E-state index in [1.54, 1.807) is 18.3 Å². The van der Waals surface area contributed by atoms with E-state index in [9.17, 15) is 4.55 Å². The van der Waals surface area contributed by atoms with Gasteiger partial charge in [0.15, 0.2) is 0 Å². The summed E-state index contributed by atoms with van der Waals surface area (Å²) >= 11 is -1.33. The Morgan fingerprint density at radius 3 is 2.73 bits per heavy atom. The van der Waals surface area contributed by atoms with E-state index >= 15 is 0 Å². The summed E-state index contributed by atoms with van der Waals surface area (Å²) in [7, 11) is 0. The van der Waals surface area contributed by atoms with Crippen LogP contribution in [0.25, 0.3) is 11.1 Å². The van der Waals surface area contributed by atoms with Gasteiger partial charge in [-0.1, -0.05) is 22.6 Å². The molecule has 2 rings (SSSR count). The molecule has 1 aromatic heterocycles. The molecule has 0 saturated heterocycles. The van der Waals surface area contributed by atoms with E-state index in [1.807, 2.05) is 45.0 Å². The normalized spacial score (nSPS) is 13.0. The van der Waals surface area contributed by atoms with Gasteiger partial charge in [0.1, 0.15) is 22.3 Å². The van der Waals surface area contributed by atoms with E-state index in [4.69, 9.17) is 5.26 Å². The average molecular weight is 311 g/mol. The Balaban J connectivity index is 2.39. The van der Waals surface area contributed by atoms with Gasteiger partial charge in [0.25, 0.3) is 0 Å². The van der Waals surface area contributed by atoms with Crippen molar-refractivity contribution in [3.63, 3.8) is 0 Å². The Bertz CT molecular complexity index is 729. The molecule has 0 saturated carbocycles. The highest BCUT2D eigenvalue weighted by Crippen LogP contribution is 2.23. The van der Waals surface area contributed by atoms with Gasteiger partial charge in [0.05, 0.1) is 17.3 Å². The summed E-state index contributed by atoms with van der Waals surface area (Å²) in [6.45, 7) is 5.61. The molecule has 0 spiro atoms. The van der Waals surface area contributed by atoms with Gasteiger partial charge >= 0.3 is 0 Å². The van der Waals surface area contributed by atoms with E-state index in [0.29, 0.717) is 11.3 Å². The second-order valence-electron chi connectivity index (χ2n) is 5.72. The molecule has 5 heteroatoms. The quantitative estimate of drug-likeness (QED) is 0.643. The third-order valence-electron chi connectivity index (χ3n) is 2.94. The number of aromatic nitrogens is 1. The molecule has 0 bridgehead atoms. The smallest absolute Gasteiger partial charge is 0.144 e. The first kappa shape index (κ1) is 16.2. The minimum absolute atomic E-state index is 0.411. The maximum Gasteiger partial charge on any atom is 0.144 e. The zero-order chi connectivity index (χ0) is 16.2. The minimum atomic E-state index is -1.33. The highest BCUT2D eigenvalue weighted by atomic mass is 32.2. The number of benzene rings is 1. The van der Waals surface area contributed by atoms with Gasteiger partial charge in [0.2, 0.25) is 0 Å². The van der Waals surface area contributed by atoms with E-state index in [1.165, 1.54) is 6.21 Å². The zero-order valence-electron chi connectivity index (χ0n) is 12.8. The van der Waals surface area contributed by atoms with Crippen molar-refractivity contribution >= 4 is 17.6 Å². The number of rotatable bonds is 3. The van der Waals surface area contributed by atoms with Gasteiger partial charge < -0.3 is 4.55 Å². The van der Waals surface area contributed by atoms with Crippen LogP contribution in [0.4, 0.5) is 0 Å². The molecule has 0 amide bonds. The SMILES string of the molecule is CC(C)(C)[S+]([O-])N=Cc1ncccc1-c1cccc(C#N)c1. The third kappa shape index (κ3) is 3.94. The zero-order valence-corrected chi connectivity index (χ0v) is 13.6. The van der Waals surface area contributed by atoms with Crippen LogP contribution in [0, 0.1) is 11.3 Å². The molecule has 0 fully saturated rings. The molecule has 22 heavy (non-hydrogen) atoms. The van der Waals surface area contributed by atoms with Crippen LogP contribution in [0.1, 0.15) is 32.0 Å². The van der Waals surface area contributed by atoms with Crippen LogP contribution < -0.4 is 0 Å². The van der Waals surface area contributed by atoms with Crippen LogP contribution in [0.2, 0.25) is 0 Å². The van der Waals surface area contributed by atoms with Crippen LogP contribution in [-0.4, -0.2) is 20.5 Å². The number of hydrogen-bond acceptors (Lipinski definition) is 4. The Labute approximate surface area is 133 Å². The van der Waals surface area contributed by atoms with Crippen LogP contribution in [0.15, 0.2) is 47.0 Å². The standard InChI is InChI=1S/C17H17N3OS/c1-17(2,3)22(21)20-12-16-15(8-5-9-19-16)14-7-4-6-13(10-14)11-18/h4-10,12H,1-3H3. The molecule has 2 aromatic rings. The second-order valence-corrected chi connectivity index (χ2v) is 7.66. The molecule has 1 aromatic carbocycles. The van der Waals surface area contributed by atoms with Gasteiger partial charge in [-0.25, -0.2) is 0 Å². The van der Waals surface area contributed by atoms with Crippen LogP contribution in [0.5, 0.6) is 0 Å². The fraction of sp³-hybridized carbons (Fsp3) is 0.235. The topological polar surface area (TPSA) is 72.1 Å². The monoisotopic (exact) mass is 311 g/mol. The van der Waals surface area contributed by atoms with Gasteiger partial charge in [0, 0.05) is 11.8 Å². The Hall–Kier alpha value is -2.16. The molecule has 1 unspecified atom stereocenters. The van der Waals surface area contributed by atoms with Gasteiger partial charge in [-0.05, 0) is 44.5 Å². The van der Waals surface area contributed by atoms with Gasteiger partial charge in [-0.15, -0.1) is 0 Å². The summed E-state index contributed by atoms with van der Waals surface area (Å²) in [6, 6.07) is 13.2. The predicted molar refractivity (Wildman–Crippen MR) is 89.9 cm³/mol. The Morgan fingerprint density at radius 1 is 1.27 bits per heavy atom. The number of nitriles is 1. The fourth-order valence-corrected chi connectivity index (χ4v) is 2.29. The second kappa shape index (κ2) is 6.73. The third-order valence-corrected chi connectivity index (χ3v) is 4.28. The summed E-state index contributed by atoms with van der Waals surface area (Å²) in [6.07, 6.45) is 3.20. The van der Waals surface area contributed by atoms with Crippen LogP contribution >= 0.6 is 0 Å². The number of pyridine rings is 1. The van der Waals surface area contributed by atoms with Crippen molar-refractivity contribution in [1.29, 1.82) is 5.26 Å². The molecule has 0 radical (unpaired) electrons. The fourth-order valence-electron chi connectivity index (χ4n) is 1.78. The lowest BCUT2D eigenvalue weighted by molar-refractivity contribution is 0.562. The van der Waals surface area contributed by atoms with Crippen LogP contribution in [-0.2, 0) is 11.4 Å². The maximum absolute atomic E-state index is 12.0. The lowest BCUT2D eigenvalue weighted by Crippen LogP contribution is -2.25. The molecular weight excluding hydrogens is 294 g/mol. The first-order chi connectivity index (χ1) is 10.4. The Kier molecular flexibility index (Phi) is 4.96. The largest absolute Gasteiger partial charge is 0.591 e.